The molecule has 6 heteroatoms. The fourth-order valence-corrected chi connectivity index (χ4v) is 4.80. The highest BCUT2D eigenvalue weighted by atomic mass is 16.6. The van der Waals surface area contributed by atoms with Crippen LogP contribution in [-0.2, 0) is 23.8 Å². The van der Waals surface area contributed by atoms with Crippen molar-refractivity contribution in [1.29, 1.82) is 0 Å². The number of hydrogen-bond donors (Lipinski definition) is 1. The maximum absolute atomic E-state index is 12.0. The number of allylic oxidation sites excluding steroid dienone is 1. The smallest absolute Gasteiger partial charge is 0.306 e. The molecule has 0 aromatic carbocycles. The predicted molar refractivity (Wildman–Crippen MR) is 159 cm³/mol. The second-order valence-electron chi connectivity index (χ2n) is 11.8. The van der Waals surface area contributed by atoms with Gasteiger partial charge in [0.1, 0.15) is 6.61 Å². The second-order valence-corrected chi connectivity index (χ2v) is 11.8. The monoisotopic (exact) mass is 552 g/mol. The highest BCUT2D eigenvalue weighted by Crippen LogP contribution is 2.30. The summed E-state index contributed by atoms with van der Waals surface area (Å²) in [7, 11) is 0. The highest BCUT2D eigenvalue weighted by Gasteiger charge is 2.36. The molecule has 2 unspecified atom stereocenters. The van der Waals surface area contributed by atoms with Gasteiger partial charge in [0.2, 0.25) is 0 Å². The van der Waals surface area contributed by atoms with Crippen LogP contribution in [0.2, 0.25) is 0 Å². The van der Waals surface area contributed by atoms with Crippen molar-refractivity contribution in [2.45, 2.75) is 167 Å². The Labute approximate surface area is 239 Å². The van der Waals surface area contributed by atoms with Crippen LogP contribution in [0.15, 0.2) is 12.2 Å². The van der Waals surface area contributed by atoms with Gasteiger partial charge >= 0.3 is 11.9 Å². The standard InChI is InChI=1S/C33H60O6/c1-4-5-6-7-12-17-22-30-31(39-30)23-18-13-10-15-19-24-32(35)37-27-29(26-34)38-33(36)25-20-14-9-8-11-16-21-28(2)3/h12,17,28-31,34H,4-11,13-16,18-27H2,1-3H3/b17-12-/t29-,30?,31?/m0/s1. The van der Waals surface area contributed by atoms with Gasteiger partial charge < -0.3 is 19.3 Å². The highest BCUT2D eigenvalue weighted by molar-refractivity contribution is 5.70. The SMILES string of the molecule is CCCCC/C=C\CC1OC1CCCCCCCC(=O)OC[C@H](CO)OC(=O)CCCCCCCCC(C)C. The molecule has 1 aliphatic rings. The number of ether oxygens (including phenoxy) is 3. The van der Waals surface area contributed by atoms with Crippen LogP contribution in [0.3, 0.4) is 0 Å². The molecule has 1 saturated heterocycles. The summed E-state index contributed by atoms with van der Waals surface area (Å²) in [6, 6.07) is 0. The van der Waals surface area contributed by atoms with E-state index in [4.69, 9.17) is 14.2 Å². The molecular formula is C33H60O6. The molecule has 1 aliphatic heterocycles. The van der Waals surface area contributed by atoms with E-state index in [0.29, 0.717) is 25.0 Å². The van der Waals surface area contributed by atoms with Crippen molar-refractivity contribution in [1.82, 2.24) is 0 Å². The van der Waals surface area contributed by atoms with Gasteiger partial charge in [-0.15, -0.1) is 0 Å². The summed E-state index contributed by atoms with van der Waals surface area (Å²) in [4.78, 5) is 24.1. The fourth-order valence-electron chi connectivity index (χ4n) is 4.80. The summed E-state index contributed by atoms with van der Waals surface area (Å²) in [6.45, 7) is 6.33. The summed E-state index contributed by atoms with van der Waals surface area (Å²) < 4.78 is 16.3. The van der Waals surface area contributed by atoms with E-state index in [1.807, 2.05) is 0 Å². The molecule has 0 amide bonds. The van der Waals surface area contributed by atoms with Gasteiger partial charge in [0.15, 0.2) is 6.10 Å². The summed E-state index contributed by atoms with van der Waals surface area (Å²) in [5.41, 5.74) is 0. The molecule has 0 aliphatic carbocycles. The van der Waals surface area contributed by atoms with Gasteiger partial charge in [0.05, 0.1) is 18.8 Å². The Kier molecular flexibility index (Phi) is 22.3. The average Bonchev–Trinajstić information content (AvgIpc) is 3.67. The number of rotatable bonds is 27. The molecule has 0 aromatic rings. The van der Waals surface area contributed by atoms with E-state index in [0.717, 1.165) is 63.7 Å². The van der Waals surface area contributed by atoms with Crippen molar-refractivity contribution in [3.8, 4) is 0 Å². The first-order valence-electron chi connectivity index (χ1n) is 16.2. The molecular weight excluding hydrogens is 492 g/mol. The summed E-state index contributed by atoms with van der Waals surface area (Å²) in [5.74, 6) is 0.151. The van der Waals surface area contributed by atoms with E-state index in [9.17, 15) is 14.7 Å². The molecule has 1 heterocycles. The third kappa shape index (κ3) is 22.0. The van der Waals surface area contributed by atoms with Gasteiger partial charge in [-0.25, -0.2) is 0 Å². The molecule has 0 bridgehead atoms. The average molecular weight is 553 g/mol. The number of aliphatic hydroxyl groups excluding tert-OH is 1. The summed E-state index contributed by atoms with van der Waals surface area (Å²) in [5, 5.41) is 9.48. The van der Waals surface area contributed by atoms with Crippen molar-refractivity contribution in [3.63, 3.8) is 0 Å². The van der Waals surface area contributed by atoms with Gasteiger partial charge in [-0.2, -0.15) is 0 Å². The largest absolute Gasteiger partial charge is 0.462 e. The van der Waals surface area contributed by atoms with Crippen LogP contribution in [0.1, 0.15) is 149 Å². The number of aliphatic hydroxyl groups is 1. The van der Waals surface area contributed by atoms with E-state index in [1.165, 1.54) is 57.8 Å². The molecule has 228 valence electrons. The molecule has 39 heavy (non-hydrogen) atoms. The summed E-state index contributed by atoms with van der Waals surface area (Å²) >= 11 is 0. The number of unbranched alkanes of at least 4 members (excludes halogenated alkanes) is 12. The Balaban J connectivity index is 1.93. The van der Waals surface area contributed by atoms with Crippen molar-refractivity contribution < 1.29 is 28.9 Å². The first kappa shape index (κ1) is 35.6. The van der Waals surface area contributed by atoms with E-state index in [2.05, 4.69) is 32.9 Å². The number of carbonyl (C=O) groups is 2. The van der Waals surface area contributed by atoms with E-state index < -0.39 is 6.10 Å². The first-order valence-corrected chi connectivity index (χ1v) is 16.2. The van der Waals surface area contributed by atoms with Crippen molar-refractivity contribution in [2.75, 3.05) is 13.2 Å². The van der Waals surface area contributed by atoms with Gasteiger partial charge in [-0.05, 0) is 44.4 Å². The third-order valence-electron chi connectivity index (χ3n) is 7.41. The van der Waals surface area contributed by atoms with Crippen LogP contribution in [0.5, 0.6) is 0 Å². The Bertz CT molecular complexity index is 632. The lowest BCUT2D eigenvalue weighted by Gasteiger charge is -2.15. The molecule has 3 atom stereocenters. The molecule has 0 spiro atoms. The van der Waals surface area contributed by atoms with Crippen LogP contribution in [0.25, 0.3) is 0 Å². The van der Waals surface area contributed by atoms with Crippen molar-refractivity contribution in [2.24, 2.45) is 5.92 Å². The van der Waals surface area contributed by atoms with Crippen LogP contribution in [0, 0.1) is 5.92 Å². The number of epoxide rings is 1. The lowest BCUT2D eigenvalue weighted by molar-refractivity contribution is -0.161. The molecule has 6 nitrogen and oxygen atoms in total. The number of carbonyl (C=O) groups excluding carboxylic acids is 2. The minimum absolute atomic E-state index is 0.0760. The Morgan fingerprint density at radius 1 is 0.795 bits per heavy atom. The van der Waals surface area contributed by atoms with Gasteiger partial charge in [0, 0.05) is 12.8 Å². The predicted octanol–water partition coefficient (Wildman–Crippen LogP) is 8.24. The Morgan fingerprint density at radius 2 is 1.44 bits per heavy atom. The lowest BCUT2D eigenvalue weighted by Crippen LogP contribution is -2.28. The van der Waals surface area contributed by atoms with E-state index in [-0.39, 0.29) is 25.2 Å². The van der Waals surface area contributed by atoms with Crippen LogP contribution in [-0.4, -0.2) is 48.6 Å². The van der Waals surface area contributed by atoms with Gasteiger partial charge in [-0.3, -0.25) is 9.59 Å². The summed E-state index contributed by atoms with van der Waals surface area (Å²) in [6.07, 6.45) is 25.9. The van der Waals surface area contributed by atoms with Crippen LogP contribution >= 0.6 is 0 Å². The molecule has 0 radical (unpaired) electrons. The van der Waals surface area contributed by atoms with E-state index in [1.54, 1.807) is 0 Å². The lowest BCUT2D eigenvalue weighted by atomic mass is 10.0. The minimum Gasteiger partial charge on any atom is -0.462 e. The van der Waals surface area contributed by atoms with Crippen LogP contribution < -0.4 is 0 Å². The van der Waals surface area contributed by atoms with Gasteiger partial charge in [0.25, 0.3) is 0 Å². The zero-order valence-electron chi connectivity index (χ0n) is 25.5. The maximum Gasteiger partial charge on any atom is 0.306 e. The number of esters is 2. The second kappa shape index (κ2) is 24.4. The van der Waals surface area contributed by atoms with Gasteiger partial charge in [-0.1, -0.05) is 110 Å². The van der Waals surface area contributed by atoms with Crippen molar-refractivity contribution in [3.05, 3.63) is 12.2 Å². The fraction of sp³-hybridized carbons (Fsp3) is 0.879. The maximum atomic E-state index is 12.0. The zero-order chi connectivity index (χ0) is 28.6. The first-order chi connectivity index (χ1) is 19.0. The Hall–Kier alpha value is -1.40. The zero-order valence-corrected chi connectivity index (χ0v) is 25.5. The number of hydrogen-bond acceptors (Lipinski definition) is 6. The van der Waals surface area contributed by atoms with Crippen LogP contribution in [0.4, 0.5) is 0 Å². The molecule has 1 rings (SSSR count). The van der Waals surface area contributed by atoms with Crippen molar-refractivity contribution >= 4 is 11.9 Å². The topological polar surface area (TPSA) is 85.4 Å². The van der Waals surface area contributed by atoms with E-state index >= 15 is 0 Å². The molecule has 1 N–H and O–H groups in total. The normalized spacial score (nSPS) is 17.6. The Morgan fingerprint density at radius 3 is 2.10 bits per heavy atom. The third-order valence-corrected chi connectivity index (χ3v) is 7.41. The molecule has 0 saturated carbocycles. The molecule has 0 aromatic heterocycles. The minimum atomic E-state index is -0.775. The molecule has 1 fully saturated rings. The quantitative estimate of drug-likeness (QED) is 0.0478.